The number of hydrogen-bond donors (Lipinski definition) is 2. The summed E-state index contributed by atoms with van der Waals surface area (Å²) in [6.45, 7) is 1.18. The lowest BCUT2D eigenvalue weighted by Crippen LogP contribution is -2.21. The van der Waals surface area contributed by atoms with Gasteiger partial charge in [0.1, 0.15) is 24.1 Å². The maximum Gasteiger partial charge on any atom is 0.298 e. The van der Waals surface area contributed by atoms with E-state index in [9.17, 15) is 13.2 Å². The number of aromatic nitrogens is 2. The van der Waals surface area contributed by atoms with Gasteiger partial charge in [-0.25, -0.2) is 14.4 Å². The molecule has 7 nitrogen and oxygen atoms in total. The number of alkyl halides is 2. The van der Waals surface area contributed by atoms with Crippen LogP contribution in [-0.4, -0.2) is 48.1 Å². The summed E-state index contributed by atoms with van der Waals surface area (Å²) in [5.41, 5.74) is -0.253. The lowest BCUT2D eigenvalue weighted by Gasteiger charge is -2.17. The SMILES string of the molecule is COc1cc2nc(C)nc(NCc3cccc(C(F)(F)CO)c3F)c2cc1OCCCOC1CC1. The number of fused-ring (bicyclic) bond motifs is 1. The molecule has 10 heteroatoms. The number of halogens is 3. The molecule has 0 bridgehead atoms. The van der Waals surface area contributed by atoms with Crippen molar-refractivity contribution in [3.8, 4) is 11.5 Å². The Morgan fingerprint density at radius 2 is 1.94 bits per heavy atom. The molecule has 2 aromatic carbocycles. The van der Waals surface area contributed by atoms with Crippen molar-refractivity contribution in [1.29, 1.82) is 0 Å². The molecule has 0 atom stereocenters. The summed E-state index contributed by atoms with van der Waals surface area (Å²) >= 11 is 0. The van der Waals surface area contributed by atoms with Crippen molar-refractivity contribution in [3.05, 3.63) is 53.1 Å². The molecule has 0 spiro atoms. The van der Waals surface area contributed by atoms with Gasteiger partial charge in [-0.1, -0.05) is 12.1 Å². The zero-order chi connectivity index (χ0) is 25.0. The van der Waals surface area contributed by atoms with Crippen molar-refractivity contribution in [2.75, 3.05) is 32.2 Å². The van der Waals surface area contributed by atoms with E-state index in [1.807, 2.05) is 0 Å². The van der Waals surface area contributed by atoms with Gasteiger partial charge < -0.3 is 24.6 Å². The molecule has 1 aromatic heterocycles. The second-order valence-electron chi connectivity index (χ2n) is 8.41. The molecule has 2 N–H and O–H groups in total. The van der Waals surface area contributed by atoms with Crippen molar-refractivity contribution in [2.24, 2.45) is 0 Å². The highest BCUT2D eigenvalue weighted by molar-refractivity contribution is 5.91. The molecule has 1 fully saturated rings. The Morgan fingerprint density at radius 1 is 1.14 bits per heavy atom. The summed E-state index contributed by atoms with van der Waals surface area (Å²) in [7, 11) is 1.54. The normalized spacial score (nSPS) is 13.8. The van der Waals surface area contributed by atoms with Crippen LogP contribution in [0.5, 0.6) is 11.5 Å². The van der Waals surface area contributed by atoms with Crippen molar-refractivity contribution >= 4 is 16.7 Å². The van der Waals surface area contributed by atoms with E-state index in [2.05, 4.69) is 15.3 Å². The minimum Gasteiger partial charge on any atom is -0.493 e. The third-order valence-corrected chi connectivity index (χ3v) is 5.63. The maximum atomic E-state index is 14.8. The molecule has 0 amide bonds. The molecule has 1 aliphatic carbocycles. The molecule has 3 aromatic rings. The van der Waals surface area contributed by atoms with Crippen molar-refractivity contribution in [3.63, 3.8) is 0 Å². The van der Waals surface area contributed by atoms with Gasteiger partial charge in [-0.15, -0.1) is 0 Å². The van der Waals surface area contributed by atoms with E-state index < -0.39 is 23.9 Å². The van der Waals surface area contributed by atoms with E-state index >= 15 is 0 Å². The lowest BCUT2D eigenvalue weighted by atomic mass is 10.0. The molecule has 4 rings (SSSR count). The van der Waals surface area contributed by atoms with Gasteiger partial charge in [-0.2, -0.15) is 8.78 Å². The lowest BCUT2D eigenvalue weighted by molar-refractivity contribution is -0.0583. The van der Waals surface area contributed by atoms with Gasteiger partial charge in [0.15, 0.2) is 11.5 Å². The summed E-state index contributed by atoms with van der Waals surface area (Å²) in [4.78, 5) is 8.86. The van der Waals surface area contributed by atoms with Crippen molar-refractivity contribution in [1.82, 2.24) is 9.97 Å². The number of rotatable bonds is 12. The van der Waals surface area contributed by atoms with E-state index in [1.54, 1.807) is 19.1 Å². The van der Waals surface area contributed by atoms with E-state index in [0.717, 1.165) is 25.3 Å². The van der Waals surface area contributed by atoms with Crippen molar-refractivity contribution in [2.45, 2.75) is 44.8 Å². The average molecular weight is 492 g/mol. The Hall–Kier alpha value is -3.11. The second kappa shape index (κ2) is 10.7. The van der Waals surface area contributed by atoms with Gasteiger partial charge in [0.05, 0.1) is 37.5 Å². The first-order chi connectivity index (χ1) is 16.8. The zero-order valence-electron chi connectivity index (χ0n) is 19.6. The average Bonchev–Trinajstić information content (AvgIpc) is 3.67. The fraction of sp³-hybridized carbons (Fsp3) is 0.440. The Bertz CT molecular complexity index is 1190. The second-order valence-corrected chi connectivity index (χ2v) is 8.41. The monoisotopic (exact) mass is 491 g/mol. The van der Waals surface area contributed by atoms with E-state index in [-0.39, 0.29) is 12.1 Å². The molecule has 35 heavy (non-hydrogen) atoms. The molecule has 0 aliphatic heterocycles. The zero-order valence-corrected chi connectivity index (χ0v) is 19.6. The van der Waals surface area contributed by atoms with Crippen LogP contribution in [0, 0.1) is 12.7 Å². The summed E-state index contributed by atoms with van der Waals surface area (Å²) in [6, 6.07) is 7.16. The number of anilines is 1. The Morgan fingerprint density at radius 3 is 2.66 bits per heavy atom. The van der Waals surface area contributed by atoms with Crippen LogP contribution in [0.25, 0.3) is 10.9 Å². The number of aliphatic hydroxyl groups excluding tert-OH is 1. The third kappa shape index (κ3) is 5.94. The van der Waals surface area contributed by atoms with Gasteiger partial charge in [0.2, 0.25) is 0 Å². The Labute approximate surface area is 201 Å². The van der Waals surface area contributed by atoms with Gasteiger partial charge in [0.25, 0.3) is 5.92 Å². The smallest absolute Gasteiger partial charge is 0.298 e. The number of aliphatic hydroxyl groups is 1. The molecule has 0 unspecified atom stereocenters. The van der Waals surface area contributed by atoms with Crippen LogP contribution in [-0.2, 0) is 17.2 Å². The Balaban J connectivity index is 1.55. The van der Waals surface area contributed by atoms with Crippen LogP contribution >= 0.6 is 0 Å². The van der Waals surface area contributed by atoms with Crippen molar-refractivity contribution < 1.29 is 32.5 Å². The highest BCUT2D eigenvalue weighted by Gasteiger charge is 2.34. The number of aryl methyl sites for hydroxylation is 1. The van der Waals surface area contributed by atoms with Gasteiger partial charge in [-0.05, 0) is 31.9 Å². The number of ether oxygens (including phenoxy) is 3. The van der Waals surface area contributed by atoms with Crippen LogP contribution in [0.15, 0.2) is 30.3 Å². The van der Waals surface area contributed by atoms with E-state index in [4.69, 9.17) is 19.3 Å². The maximum absolute atomic E-state index is 14.8. The highest BCUT2D eigenvalue weighted by Crippen LogP contribution is 2.35. The minimum atomic E-state index is -3.68. The number of hydrogen-bond acceptors (Lipinski definition) is 7. The van der Waals surface area contributed by atoms with Crippen LogP contribution < -0.4 is 14.8 Å². The summed E-state index contributed by atoms with van der Waals surface area (Å²) in [5, 5.41) is 12.6. The summed E-state index contributed by atoms with van der Waals surface area (Å²) in [5.74, 6) is -2.88. The van der Waals surface area contributed by atoms with Crippen LogP contribution in [0.1, 0.15) is 36.2 Å². The molecular weight excluding hydrogens is 463 g/mol. The first-order valence-electron chi connectivity index (χ1n) is 11.4. The molecule has 1 heterocycles. The summed E-state index contributed by atoms with van der Waals surface area (Å²) < 4.78 is 59.6. The highest BCUT2D eigenvalue weighted by atomic mass is 19.3. The van der Waals surface area contributed by atoms with Gasteiger partial charge >= 0.3 is 0 Å². The predicted octanol–water partition coefficient (Wildman–Crippen LogP) is 4.73. The van der Waals surface area contributed by atoms with Gasteiger partial charge in [-0.3, -0.25) is 0 Å². The predicted molar refractivity (Wildman–Crippen MR) is 125 cm³/mol. The number of nitrogens with zero attached hydrogens (tertiary/aromatic N) is 2. The minimum absolute atomic E-state index is 0.0145. The number of methoxy groups -OCH3 is 1. The van der Waals surface area contributed by atoms with Crippen LogP contribution in [0.2, 0.25) is 0 Å². The standard InChI is InChI=1S/C25H28F3N3O4/c1-15-30-20-12-21(33-2)22(35-10-4-9-34-17-7-8-17)11-18(20)24(31-15)29-13-16-5-3-6-19(23(16)26)25(27,28)14-32/h3,5-6,11-12,17,32H,4,7-10,13-14H2,1-2H3,(H,29,30,31). The largest absolute Gasteiger partial charge is 0.493 e. The number of benzene rings is 2. The fourth-order valence-corrected chi connectivity index (χ4v) is 3.65. The molecule has 188 valence electrons. The van der Waals surface area contributed by atoms with Gasteiger partial charge in [0, 0.05) is 30.0 Å². The number of nitrogens with one attached hydrogen (secondary N) is 1. The topological polar surface area (TPSA) is 85.7 Å². The molecular formula is C25H28F3N3O4. The molecule has 1 saturated carbocycles. The quantitative estimate of drug-likeness (QED) is 0.354. The van der Waals surface area contributed by atoms with Crippen LogP contribution in [0.4, 0.5) is 19.0 Å². The molecule has 1 aliphatic rings. The molecule has 0 saturated heterocycles. The van der Waals surface area contributed by atoms with E-state index in [1.165, 1.54) is 19.2 Å². The third-order valence-electron chi connectivity index (χ3n) is 5.63. The first kappa shape index (κ1) is 25.0. The Kier molecular flexibility index (Phi) is 7.61. The molecule has 0 radical (unpaired) electrons. The fourth-order valence-electron chi connectivity index (χ4n) is 3.65. The van der Waals surface area contributed by atoms with Crippen LogP contribution in [0.3, 0.4) is 0 Å². The van der Waals surface area contributed by atoms with E-state index in [0.29, 0.717) is 53.4 Å². The summed E-state index contributed by atoms with van der Waals surface area (Å²) in [6.07, 6.45) is 3.35. The first-order valence-corrected chi connectivity index (χ1v) is 11.4.